The van der Waals surface area contributed by atoms with Gasteiger partial charge in [-0.2, -0.15) is 5.10 Å². The highest BCUT2D eigenvalue weighted by molar-refractivity contribution is 5.61. The maximum atomic E-state index is 5.37. The molecule has 4 nitrogen and oxygen atoms in total. The van der Waals surface area contributed by atoms with Gasteiger partial charge >= 0.3 is 0 Å². The lowest BCUT2D eigenvalue weighted by Gasteiger charge is -2.26. The zero-order chi connectivity index (χ0) is 14.5. The van der Waals surface area contributed by atoms with Gasteiger partial charge in [0.15, 0.2) is 0 Å². The molecule has 4 heteroatoms. The maximum absolute atomic E-state index is 5.37. The van der Waals surface area contributed by atoms with Gasteiger partial charge < -0.3 is 4.74 Å². The number of benzene rings is 1. The minimum absolute atomic E-state index is 0.855. The molecule has 2 heterocycles. The Hall–Kier alpha value is -1.65. The molecule has 112 valence electrons. The third-order valence-corrected chi connectivity index (χ3v) is 4.08. The molecular formula is C17H23N3O. The molecule has 0 atom stereocenters. The monoisotopic (exact) mass is 285 g/mol. The highest BCUT2D eigenvalue weighted by Crippen LogP contribution is 2.19. The first kappa shape index (κ1) is 14.3. The molecule has 0 amide bonds. The van der Waals surface area contributed by atoms with Gasteiger partial charge in [0.25, 0.3) is 0 Å². The zero-order valence-corrected chi connectivity index (χ0v) is 12.7. The zero-order valence-electron chi connectivity index (χ0n) is 12.7. The van der Waals surface area contributed by atoms with E-state index in [9.17, 15) is 0 Å². The Morgan fingerprint density at radius 1 is 1.05 bits per heavy atom. The van der Waals surface area contributed by atoms with Crippen molar-refractivity contribution < 1.29 is 4.74 Å². The summed E-state index contributed by atoms with van der Waals surface area (Å²) in [7, 11) is 0. The van der Waals surface area contributed by atoms with E-state index in [1.54, 1.807) is 0 Å². The van der Waals surface area contributed by atoms with Crippen LogP contribution in [0.5, 0.6) is 0 Å². The van der Waals surface area contributed by atoms with E-state index in [1.807, 2.05) is 10.9 Å². The van der Waals surface area contributed by atoms with E-state index in [0.717, 1.165) is 45.8 Å². The maximum Gasteiger partial charge on any atom is 0.0594 e. The third kappa shape index (κ3) is 3.71. The smallest absolute Gasteiger partial charge is 0.0594 e. The summed E-state index contributed by atoms with van der Waals surface area (Å²) in [6, 6.07) is 8.76. The standard InChI is InChI=1S/C17H23N3O/c1-2-15-3-5-16(6-4-15)17-13-18-20(14-17)8-7-19-9-11-21-12-10-19/h3-6,13-14H,2,7-12H2,1H3. The summed E-state index contributed by atoms with van der Waals surface area (Å²) in [5.41, 5.74) is 3.81. The minimum Gasteiger partial charge on any atom is -0.379 e. The molecule has 0 aliphatic carbocycles. The van der Waals surface area contributed by atoms with Crippen LogP contribution in [-0.2, 0) is 17.7 Å². The molecular weight excluding hydrogens is 262 g/mol. The minimum atomic E-state index is 0.855. The van der Waals surface area contributed by atoms with Gasteiger partial charge in [0.2, 0.25) is 0 Å². The Labute approximate surface area is 126 Å². The van der Waals surface area contributed by atoms with Crippen molar-refractivity contribution >= 4 is 0 Å². The van der Waals surface area contributed by atoms with E-state index >= 15 is 0 Å². The van der Waals surface area contributed by atoms with Crippen molar-refractivity contribution in [3.8, 4) is 11.1 Å². The average molecular weight is 285 g/mol. The number of morpholine rings is 1. The van der Waals surface area contributed by atoms with Gasteiger partial charge in [-0.05, 0) is 17.5 Å². The van der Waals surface area contributed by atoms with E-state index in [0.29, 0.717) is 0 Å². The topological polar surface area (TPSA) is 30.3 Å². The van der Waals surface area contributed by atoms with Crippen molar-refractivity contribution in [2.75, 3.05) is 32.8 Å². The van der Waals surface area contributed by atoms with Crippen molar-refractivity contribution in [2.24, 2.45) is 0 Å². The molecule has 1 aliphatic rings. The predicted molar refractivity (Wildman–Crippen MR) is 84.3 cm³/mol. The summed E-state index contributed by atoms with van der Waals surface area (Å²) in [5.74, 6) is 0. The van der Waals surface area contributed by atoms with Crippen molar-refractivity contribution in [3.63, 3.8) is 0 Å². The second-order valence-corrected chi connectivity index (χ2v) is 5.50. The first-order valence-corrected chi connectivity index (χ1v) is 7.77. The number of hydrogen-bond acceptors (Lipinski definition) is 3. The lowest BCUT2D eigenvalue weighted by molar-refractivity contribution is 0.0360. The molecule has 3 rings (SSSR count). The second kappa shape index (κ2) is 6.87. The number of aryl methyl sites for hydroxylation is 1. The highest BCUT2D eigenvalue weighted by Gasteiger charge is 2.10. The van der Waals surface area contributed by atoms with Crippen molar-refractivity contribution in [1.82, 2.24) is 14.7 Å². The number of ether oxygens (including phenoxy) is 1. The highest BCUT2D eigenvalue weighted by atomic mass is 16.5. The fourth-order valence-electron chi connectivity index (χ4n) is 2.64. The van der Waals surface area contributed by atoms with Crippen LogP contribution in [-0.4, -0.2) is 47.5 Å². The van der Waals surface area contributed by atoms with E-state index in [-0.39, 0.29) is 0 Å². The van der Waals surface area contributed by atoms with Crippen LogP contribution < -0.4 is 0 Å². The Bertz CT molecular complexity index is 556. The quantitative estimate of drug-likeness (QED) is 0.845. The third-order valence-electron chi connectivity index (χ3n) is 4.08. The molecule has 1 fully saturated rings. The Morgan fingerprint density at radius 2 is 1.81 bits per heavy atom. The second-order valence-electron chi connectivity index (χ2n) is 5.50. The van der Waals surface area contributed by atoms with Gasteiger partial charge in [0.1, 0.15) is 0 Å². The molecule has 1 saturated heterocycles. The lowest BCUT2D eigenvalue weighted by atomic mass is 10.1. The van der Waals surface area contributed by atoms with Gasteiger partial charge in [-0.15, -0.1) is 0 Å². The number of aromatic nitrogens is 2. The van der Waals surface area contributed by atoms with Gasteiger partial charge in [0, 0.05) is 31.4 Å². The summed E-state index contributed by atoms with van der Waals surface area (Å²) in [5, 5.41) is 4.48. The van der Waals surface area contributed by atoms with E-state index < -0.39 is 0 Å². The van der Waals surface area contributed by atoms with Gasteiger partial charge in [-0.1, -0.05) is 31.2 Å². The number of hydrogen-bond donors (Lipinski definition) is 0. The van der Waals surface area contributed by atoms with Crippen LogP contribution in [0, 0.1) is 0 Å². The largest absolute Gasteiger partial charge is 0.379 e. The summed E-state index contributed by atoms with van der Waals surface area (Å²) < 4.78 is 7.41. The number of rotatable bonds is 5. The molecule has 21 heavy (non-hydrogen) atoms. The van der Waals surface area contributed by atoms with Crippen LogP contribution >= 0.6 is 0 Å². The molecule has 0 unspecified atom stereocenters. The van der Waals surface area contributed by atoms with Crippen LogP contribution in [0.1, 0.15) is 12.5 Å². The Morgan fingerprint density at radius 3 is 2.52 bits per heavy atom. The van der Waals surface area contributed by atoms with Crippen LogP contribution in [0.4, 0.5) is 0 Å². The molecule has 1 aromatic carbocycles. The molecule has 1 aromatic heterocycles. The molecule has 0 saturated carbocycles. The van der Waals surface area contributed by atoms with Gasteiger partial charge in [0.05, 0.1) is 26.0 Å². The average Bonchev–Trinajstić information content (AvgIpc) is 3.03. The van der Waals surface area contributed by atoms with Crippen LogP contribution in [0.2, 0.25) is 0 Å². The molecule has 0 spiro atoms. The van der Waals surface area contributed by atoms with Crippen molar-refractivity contribution in [1.29, 1.82) is 0 Å². The summed E-state index contributed by atoms with van der Waals surface area (Å²) in [6.45, 7) is 7.94. The first-order valence-electron chi connectivity index (χ1n) is 7.77. The summed E-state index contributed by atoms with van der Waals surface area (Å²) in [4.78, 5) is 2.43. The van der Waals surface area contributed by atoms with E-state index in [1.165, 1.54) is 16.7 Å². The van der Waals surface area contributed by atoms with Gasteiger partial charge in [-0.3, -0.25) is 9.58 Å². The molecule has 0 N–H and O–H groups in total. The van der Waals surface area contributed by atoms with Crippen LogP contribution in [0.3, 0.4) is 0 Å². The van der Waals surface area contributed by atoms with Crippen LogP contribution in [0.15, 0.2) is 36.7 Å². The van der Waals surface area contributed by atoms with Gasteiger partial charge in [-0.25, -0.2) is 0 Å². The lowest BCUT2D eigenvalue weighted by Crippen LogP contribution is -2.38. The Kier molecular flexibility index (Phi) is 4.68. The Balaban J connectivity index is 1.59. The summed E-state index contributed by atoms with van der Waals surface area (Å²) >= 11 is 0. The molecule has 1 aliphatic heterocycles. The predicted octanol–water partition coefficient (Wildman–Crippen LogP) is 2.44. The molecule has 0 radical (unpaired) electrons. The van der Waals surface area contributed by atoms with Crippen molar-refractivity contribution in [3.05, 3.63) is 42.2 Å². The first-order chi connectivity index (χ1) is 10.3. The van der Waals surface area contributed by atoms with E-state index in [4.69, 9.17) is 4.74 Å². The molecule has 2 aromatic rings. The fraction of sp³-hybridized carbons (Fsp3) is 0.471. The fourth-order valence-corrected chi connectivity index (χ4v) is 2.64. The van der Waals surface area contributed by atoms with Crippen LogP contribution in [0.25, 0.3) is 11.1 Å². The van der Waals surface area contributed by atoms with Crippen molar-refractivity contribution in [2.45, 2.75) is 19.9 Å². The summed E-state index contributed by atoms with van der Waals surface area (Å²) in [6.07, 6.45) is 5.18. The SMILES string of the molecule is CCc1ccc(-c2cnn(CCN3CCOCC3)c2)cc1. The normalized spacial score (nSPS) is 16.2. The number of nitrogens with zero attached hydrogens (tertiary/aromatic N) is 3. The van der Waals surface area contributed by atoms with E-state index in [2.05, 4.69) is 47.4 Å². The molecule has 0 bridgehead atoms.